The molecule has 1 aliphatic rings. The van der Waals surface area contributed by atoms with Crippen molar-refractivity contribution in [1.29, 1.82) is 0 Å². The van der Waals surface area contributed by atoms with Crippen LogP contribution in [-0.2, 0) is 9.84 Å². The van der Waals surface area contributed by atoms with Gasteiger partial charge in [-0.2, -0.15) is 4.39 Å². The van der Waals surface area contributed by atoms with Crippen molar-refractivity contribution in [3.05, 3.63) is 24.3 Å². The highest BCUT2D eigenvalue weighted by atomic mass is 32.2. The third-order valence-electron chi connectivity index (χ3n) is 2.63. The second kappa shape index (κ2) is 4.37. The number of nitrogens with zero attached hydrogens (tertiary/aromatic N) is 2. The van der Waals surface area contributed by atoms with Crippen molar-refractivity contribution in [2.45, 2.75) is 6.42 Å². The second-order valence-electron chi connectivity index (χ2n) is 3.83. The summed E-state index contributed by atoms with van der Waals surface area (Å²) in [5, 5.41) is 0. The van der Waals surface area contributed by atoms with E-state index in [0.717, 1.165) is 0 Å². The number of anilines is 1. The van der Waals surface area contributed by atoms with E-state index in [1.54, 1.807) is 6.07 Å². The molecular weight excluding hydrogens is 231 g/mol. The summed E-state index contributed by atoms with van der Waals surface area (Å²) < 4.78 is 35.7. The van der Waals surface area contributed by atoms with E-state index in [-0.39, 0.29) is 11.5 Å². The molecule has 0 spiro atoms. The van der Waals surface area contributed by atoms with Crippen LogP contribution in [0.1, 0.15) is 6.42 Å². The van der Waals surface area contributed by atoms with Crippen molar-refractivity contribution >= 4 is 15.5 Å². The summed E-state index contributed by atoms with van der Waals surface area (Å²) in [6.07, 6.45) is 1.98. The SMILES string of the molecule is O=S1(=O)CCCN(c2ccnc(F)c2)CC1. The van der Waals surface area contributed by atoms with E-state index in [2.05, 4.69) is 4.98 Å². The Morgan fingerprint density at radius 2 is 2.12 bits per heavy atom. The van der Waals surface area contributed by atoms with Gasteiger partial charge in [0.15, 0.2) is 9.84 Å². The molecule has 16 heavy (non-hydrogen) atoms. The van der Waals surface area contributed by atoms with Crippen LogP contribution in [0.5, 0.6) is 0 Å². The number of rotatable bonds is 1. The van der Waals surface area contributed by atoms with E-state index < -0.39 is 15.8 Å². The molecule has 0 N–H and O–H groups in total. The Morgan fingerprint density at radius 3 is 2.88 bits per heavy atom. The maximum absolute atomic E-state index is 12.9. The number of hydrogen-bond donors (Lipinski definition) is 0. The summed E-state index contributed by atoms with van der Waals surface area (Å²) in [4.78, 5) is 5.36. The van der Waals surface area contributed by atoms with Crippen LogP contribution in [0.15, 0.2) is 18.3 Å². The molecule has 0 aliphatic carbocycles. The lowest BCUT2D eigenvalue weighted by atomic mass is 10.3. The molecule has 0 saturated carbocycles. The van der Waals surface area contributed by atoms with Gasteiger partial charge in [-0.15, -0.1) is 0 Å². The lowest BCUT2D eigenvalue weighted by Gasteiger charge is -2.21. The van der Waals surface area contributed by atoms with Crippen LogP contribution in [-0.4, -0.2) is 38.0 Å². The van der Waals surface area contributed by atoms with Crippen LogP contribution >= 0.6 is 0 Å². The third kappa shape index (κ3) is 2.69. The summed E-state index contributed by atoms with van der Waals surface area (Å²) in [6, 6.07) is 3.03. The van der Waals surface area contributed by atoms with E-state index in [1.165, 1.54) is 12.3 Å². The van der Waals surface area contributed by atoms with Crippen LogP contribution in [0.2, 0.25) is 0 Å². The number of hydrogen-bond acceptors (Lipinski definition) is 4. The minimum Gasteiger partial charge on any atom is -0.370 e. The molecule has 1 aromatic rings. The van der Waals surface area contributed by atoms with Gasteiger partial charge in [0.2, 0.25) is 5.95 Å². The van der Waals surface area contributed by atoms with Gasteiger partial charge < -0.3 is 4.90 Å². The van der Waals surface area contributed by atoms with Crippen molar-refractivity contribution in [1.82, 2.24) is 4.98 Å². The molecule has 1 saturated heterocycles. The number of halogens is 1. The Kier molecular flexibility index (Phi) is 3.09. The van der Waals surface area contributed by atoms with Gasteiger partial charge in [0.25, 0.3) is 0 Å². The molecule has 88 valence electrons. The molecular formula is C10H13FN2O2S. The molecule has 0 amide bonds. The van der Waals surface area contributed by atoms with Crippen LogP contribution in [0, 0.1) is 5.95 Å². The second-order valence-corrected chi connectivity index (χ2v) is 6.13. The van der Waals surface area contributed by atoms with Crippen molar-refractivity contribution < 1.29 is 12.8 Å². The van der Waals surface area contributed by atoms with Crippen molar-refractivity contribution in [3.63, 3.8) is 0 Å². The fourth-order valence-electron chi connectivity index (χ4n) is 1.79. The highest BCUT2D eigenvalue weighted by Gasteiger charge is 2.19. The van der Waals surface area contributed by atoms with E-state index in [1.807, 2.05) is 4.90 Å². The van der Waals surface area contributed by atoms with Crippen molar-refractivity contribution in [2.75, 3.05) is 29.5 Å². The Bertz CT molecular complexity index is 475. The Hall–Kier alpha value is -1.17. The fourth-order valence-corrected chi connectivity index (χ4v) is 3.06. The molecule has 1 aromatic heterocycles. The Labute approximate surface area is 94.0 Å². The summed E-state index contributed by atoms with van der Waals surface area (Å²) in [5.74, 6) is -0.182. The summed E-state index contributed by atoms with van der Waals surface area (Å²) in [7, 11) is -2.92. The fraction of sp³-hybridized carbons (Fsp3) is 0.500. The first-order valence-electron chi connectivity index (χ1n) is 5.14. The largest absolute Gasteiger partial charge is 0.370 e. The highest BCUT2D eigenvalue weighted by Crippen LogP contribution is 2.16. The first-order valence-corrected chi connectivity index (χ1v) is 6.96. The topological polar surface area (TPSA) is 50.3 Å². The first-order chi connectivity index (χ1) is 7.57. The lowest BCUT2D eigenvalue weighted by Crippen LogP contribution is -2.26. The van der Waals surface area contributed by atoms with Gasteiger partial charge in [-0.25, -0.2) is 13.4 Å². The van der Waals surface area contributed by atoms with Crippen molar-refractivity contribution in [3.8, 4) is 0 Å². The maximum Gasteiger partial charge on any atom is 0.214 e. The quantitative estimate of drug-likeness (QED) is 0.687. The van der Waals surface area contributed by atoms with Gasteiger partial charge in [0, 0.05) is 31.0 Å². The van der Waals surface area contributed by atoms with E-state index in [9.17, 15) is 12.8 Å². The molecule has 2 rings (SSSR count). The molecule has 1 aliphatic heterocycles. The smallest absolute Gasteiger partial charge is 0.214 e. The molecule has 0 atom stereocenters. The standard InChI is InChI=1S/C10H13FN2O2S/c11-10-8-9(2-3-12-10)13-4-1-6-16(14,15)7-5-13/h2-3,8H,1,4-7H2. The van der Waals surface area contributed by atoms with E-state index in [0.29, 0.717) is 25.2 Å². The maximum atomic E-state index is 12.9. The molecule has 2 heterocycles. The predicted molar refractivity (Wildman–Crippen MR) is 59.7 cm³/mol. The van der Waals surface area contributed by atoms with Crippen LogP contribution < -0.4 is 4.90 Å². The zero-order valence-corrected chi connectivity index (χ0v) is 9.58. The highest BCUT2D eigenvalue weighted by molar-refractivity contribution is 7.91. The molecule has 0 aromatic carbocycles. The molecule has 6 heteroatoms. The van der Waals surface area contributed by atoms with Crippen LogP contribution in [0.25, 0.3) is 0 Å². The van der Waals surface area contributed by atoms with Gasteiger partial charge in [0.1, 0.15) is 0 Å². The number of pyridine rings is 1. The minimum atomic E-state index is -2.92. The molecule has 0 unspecified atom stereocenters. The van der Waals surface area contributed by atoms with Gasteiger partial charge in [-0.3, -0.25) is 0 Å². The van der Waals surface area contributed by atoms with E-state index in [4.69, 9.17) is 0 Å². The molecule has 1 fully saturated rings. The third-order valence-corrected chi connectivity index (χ3v) is 4.35. The zero-order valence-electron chi connectivity index (χ0n) is 8.76. The average molecular weight is 244 g/mol. The Morgan fingerprint density at radius 1 is 1.31 bits per heavy atom. The lowest BCUT2D eigenvalue weighted by molar-refractivity contribution is 0.583. The summed E-state index contributed by atoms with van der Waals surface area (Å²) in [5.41, 5.74) is 0.699. The minimum absolute atomic E-state index is 0.136. The van der Waals surface area contributed by atoms with Crippen LogP contribution in [0.3, 0.4) is 0 Å². The zero-order chi connectivity index (χ0) is 11.6. The summed E-state index contributed by atoms with van der Waals surface area (Å²) in [6.45, 7) is 1.06. The monoisotopic (exact) mass is 244 g/mol. The predicted octanol–water partition coefficient (Wildman–Crippen LogP) is 0.846. The number of aromatic nitrogens is 1. The normalized spacial score (nSPS) is 20.4. The van der Waals surface area contributed by atoms with Gasteiger partial charge in [0.05, 0.1) is 11.5 Å². The van der Waals surface area contributed by atoms with Gasteiger partial charge in [-0.05, 0) is 12.5 Å². The first kappa shape index (κ1) is 11.3. The van der Waals surface area contributed by atoms with Crippen molar-refractivity contribution in [2.24, 2.45) is 0 Å². The molecule has 0 bridgehead atoms. The van der Waals surface area contributed by atoms with Gasteiger partial charge >= 0.3 is 0 Å². The van der Waals surface area contributed by atoms with Gasteiger partial charge in [-0.1, -0.05) is 0 Å². The van der Waals surface area contributed by atoms with Crippen LogP contribution in [0.4, 0.5) is 10.1 Å². The average Bonchev–Trinajstić information content (AvgIpc) is 2.39. The Balaban J connectivity index is 2.17. The summed E-state index contributed by atoms with van der Waals surface area (Å²) >= 11 is 0. The molecule has 4 nitrogen and oxygen atoms in total. The molecule has 0 radical (unpaired) electrons. The number of sulfone groups is 1. The van der Waals surface area contributed by atoms with E-state index >= 15 is 0 Å².